The summed E-state index contributed by atoms with van der Waals surface area (Å²) in [5.74, 6) is -0.504. The van der Waals surface area contributed by atoms with E-state index in [4.69, 9.17) is 4.74 Å². The van der Waals surface area contributed by atoms with Crippen LogP contribution in [0.2, 0.25) is 0 Å². The van der Waals surface area contributed by atoms with Crippen LogP contribution in [0.3, 0.4) is 0 Å². The van der Waals surface area contributed by atoms with Crippen molar-refractivity contribution in [3.05, 3.63) is 34.9 Å². The Bertz CT molecular complexity index is 471. The second-order valence-corrected chi connectivity index (χ2v) is 4.86. The zero-order valence-electron chi connectivity index (χ0n) is 11.8. The lowest BCUT2D eigenvalue weighted by atomic mass is 9.98. The number of carbonyl (C=O) groups is 2. The molecule has 0 aromatic heterocycles. The van der Waals surface area contributed by atoms with Gasteiger partial charge in [-0.25, -0.2) is 0 Å². The van der Waals surface area contributed by atoms with Crippen molar-refractivity contribution < 1.29 is 19.1 Å². The predicted molar refractivity (Wildman–Crippen MR) is 79.7 cm³/mol. The fourth-order valence-electron chi connectivity index (χ4n) is 1.88. The van der Waals surface area contributed by atoms with Crippen LogP contribution in [0.4, 0.5) is 0 Å². The molecule has 0 aliphatic rings. The topological polar surface area (TPSA) is 52.6 Å². The van der Waals surface area contributed by atoms with Crippen molar-refractivity contribution in [3.8, 4) is 0 Å². The van der Waals surface area contributed by atoms with Crippen molar-refractivity contribution in [2.75, 3.05) is 13.7 Å². The molecule has 20 heavy (non-hydrogen) atoms. The maximum atomic E-state index is 11.6. The van der Waals surface area contributed by atoms with E-state index in [0.717, 1.165) is 22.0 Å². The molecule has 0 amide bonds. The summed E-state index contributed by atoms with van der Waals surface area (Å²) in [6.07, 6.45) is 1.09. The summed E-state index contributed by atoms with van der Waals surface area (Å²) in [4.78, 5) is 22.9. The van der Waals surface area contributed by atoms with E-state index in [0.29, 0.717) is 19.4 Å². The first kappa shape index (κ1) is 16.7. The summed E-state index contributed by atoms with van der Waals surface area (Å²) >= 11 is 3.40. The van der Waals surface area contributed by atoms with E-state index in [1.807, 2.05) is 18.2 Å². The zero-order chi connectivity index (χ0) is 15.0. The van der Waals surface area contributed by atoms with Crippen molar-refractivity contribution in [1.82, 2.24) is 0 Å². The van der Waals surface area contributed by atoms with Crippen LogP contribution in [0.5, 0.6) is 0 Å². The summed E-state index contributed by atoms with van der Waals surface area (Å²) in [5, 5.41) is 0.722. The van der Waals surface area contributed by atoms with Gasteiger partial charge in [-0.3, -0.25) is 9.59 Å². The second kappa shape index (κ2) is 8.74. The zero-order valence-corrected chi connectivity index (χ0v) is 13.4. The van der Waals surface area contributed by atoms with Gasteiger partial charge in [0.15, 0.2) is 0 Å². The van der Waals surface area contributed by atoms with Crippen molar-refractivity contribution >= 4 is 27.9 Å². The van der Waals surface area contributed by atoms with Crippen LogP contribution in [0.25, 0.3) is 0 Å². The summed E-state index contributed by atoms with van der Waals surface area (Å²) in [5.41, 5.74) is 2.98. The molecule has 1 aromatic rings. The molecule has 0 saturated carbocycles. The Balaban J connectivity index is 2.85. The Morgan fingerprint density at radius 3 is 2.55 bits per heavy atom. The molecule has 0 bridgehead atoms. The largest absolute Gasteiger partial charge is 0.469 e. The lowest BCUT2D eigenvalue weighted by Gasteiger charge is -2.10. The van der Waals surface area contributed by atoms with Crippen LogP contribution in [-0.4, -0.2) is 25.7 Å². The minimum atomic E-state index is -0.253. The number of carbonyl (C=O) groups excluding carboxylic acids is 2. The van der Waals surface area contributed by atoms with Gasteiger partial charge in [0.05, 0.1) is 20.1 Å². The van der Waals surface area contributed by atoms with Gasteiger partial charge in [0.25, 0.3) is 0 Å². The van der Waals surface area contributed by atoms with E-state index in [9.17, 15) is 9.59 Å². The minimum absolute atomic E-state index is 0.227. The molecule has 110 valence electrons. The number of ether oxygens (including phenoxy) is 2. The normalized spacial score (nSPS) is 10.2. The van der Waals surface area contributed by atoms with Crippen molar-refractivity contribution in [3.63, 3.8) is 0 Å². The first-order valence-electron chi connectivity index (χ1n) is 6.49. The second-order valence-electron chi connectivity index (χ2n) is 4.29. The Morgan fingerprint density at radius 1 is 1.20 bits per heavy atom. The monoisotopic (exact) mass is 342 g/mol. The smallest absolute Gasteiger partial charge is 0.310 e. The van der Waals surface area contributed by atoms with E-state index in [-0.39, 0.29) is 18.4 Å². The molecule has 0 aliphatic heterocycles. The van der Waals surface area contributed by atoms with Gasteiger partial charge in [-0.1, -0.05) is 34.1 Å². The van der Waals surface area contributed by atoms with E-state index in [1.54, 1.807) is 6.92 Å². The molecule has 0 saturated heterocycles. The molecule has 4 nitrogen and oxygen atoms in total. The highest BCUT2D eigenvalue weighted by atomic mass is 79.9. The number of esters is 2. The Morgan fingerprint density at radius 2 is 1.95 bits per heavy atom. The van der Waals surface area contributed by atoms with Crippen LogP contribution in [0, 0.1) is 0 Å². The molecule has 0 heterocycles. The summed E-state index contributed by atoms with van der Waals surface area (Å²) < 4.78 is 9.62. The fourth-order valence-corrected chi connectivity index (χ4v) is 2.23. The van der Waals surface area contributed by atoms with Gasteiger partial charge in [0, 0.05) is 11.8 Å². The molecular formula is C15H19BrO4. The average Bonchev–Trinajstić information content (AvgIpc) is 2.45. The van der Waals surface area contributed by atoms with Gasteiger partial charge >= 0.3 is 11.9 Å². The predicted octanol–water partition coefficient (Wildman–Crippen LogP) is 2.79. The van der Waals surface area contributed by atoms with Gasteiger partial charge in [-0.05, 0) is 30.0 Å². The molecule has 0 aliphatic carbocycles. The van der Waals surface area contributed by atoms with Crippen molar-refractivity contribution in [1.29, 1.82) is 0 Å². The maximum Gasteiger partial charge on any atom is 0.310 e. The summed E-state index contributed by atoms with van der Waals surface area (Å²) in [6.45, 7) is 2.15. The summed E-state index contributed by atoms with van der Waals surface area (Å²) in [7, 11) is 1.37. The van der Waals surface area contributed by atoms with E-state index >= 15 is 0 Å². The third kappa shape index (κ3) is 5.33. The van der Waals surface area contributed by atoms with Crippen molar-refractivity contribution in [2.45, 2.75) is 31.5 Å². The third-order valence-corrected chi connectivity index (χ3v) is 3.54. The number of aryl methyl sites for hydroxylation is 1. The molecule has 0 fully saturated rings. The van der Waals surface area contributed by atoms with Gasteiger partial charge in [0.1, 0.15) is 0 Å². The number of halogens is 1. The molecular weight excluding hydrogens is 324 g/mol. The standard InChI is InChI=1S/C15H19BrO4/c1-3-20-15(18)9-13-8-11(10-16)4-5-12(13)6-7-14(17)19-2/h4-5,8H,3,6-7,9-10H2,1-2H3. The average molecular weight is 343 g/mol. The molecule has 5 heteroatoms. The van der Waals surface area contributed by atoms with Crippen LogP contribution < -0.4 is 0 Å². The Hall–Kier alpha value is -1.36. The number of alkyl halides is 1. The molecule has 0 unspecified atom stereocenters. The molecule has 0 atom stereocenters. The maximum absolute atomic E-state index is 11.6. The summed E-state index contributed by atoms with van der Waals surface area (Å²) in [6, 6.07) is 5.91. The van der Waals surface area contributed by atoms with Crippen molar-refractivity contribution in [2.24, 2.45) is 0 Å². The first-order valence-corrected chi connectivity index (χ1v) is 7.62. The van der Waals surface area contributed by atoms with E-state index in [2.05, 4.69) is 20.7 Å². The number of benzene rings is 1. The lowest BCUT2D eigenvalue weighted by molar-refractivity contribution is -0.142. The van der Waals surface area contributed by atoms with Gasteiger partial charge in [-0.2, -0.15) is 0 Å². The third-order valence-electron chi connectivity index (χ3n) is 2.89. The van der Waals surface area contributed by atoms with Gasteiger partial charge in [-0.15, -0.1) is 0 Å². The van der Waals surface area contributed by atoms with Gasteiger partial charge in [0.2, 0.25) is 0 Å². The number of methoxy groups -OCH3 is 1. The number of hydrogen-bond acceptors (Lipinski definition) is 4. The highest BCUT2D eigenvalue weighted by molar-refractivity contribution is 9.08. The highest BCUT2D eigenvalue weighted by Gasteiger charge is 2.11. The first-order chi connectivity index (χ1) is 9.60. The molecule has 0 spiro atoms. The van der Waals surface area contributed by atoms with Crippen LogP contribution in [-0.2, 0) is 37.2 Å². The number of rotatable bonds is 7. The molecule has 1 rings (SSSR count). The van der Waals surface area contributed by atoms with Crippen LogP contribution >= 0.6 is 15.9 Å². The fraction of sp³-hybridized carbons (Fsp3) is 0.467. The van der Waals surface area contributed by atoms with Crippen LogP contribution in [0.1, 0.15) is 30.0 Å². The quantitative estimate of drug-likeness (QED) is 0.564. The number of hydrogen-bond donors (Lipinski definition) is 0. The SMILES string of the molecule is CCOC(=O)Cc1cc(CBr)ccc1CCC(=O)OC. The van der Waals surface area contributed by atoms with E-state index < -0.39 is 0 Å². The van der Waals surface area contributed by atoms with Crippen LogP contribution in [0.15, 0.2) is 18.2 Å². The minimum Gasteiger partial charge on any atom is -0.469 e. The molecule has 0 radical (unpaired) electrons. The Labute approximate surface area is 127 Å². The molecule has 1 aromatic carbocycles. The lowest BCUT2D eigenvalue weighted by Crippen LogP contribution is -2.11. The van der Waals surface area contributed by atoms with Gasteiger partial charge < -0.3 is 9.47 Å². The Kier molecular flexibility index (Phi) is 7.30. The highest BCUT2D eigenvalue weighted by Crippen LogP contribution is 2.17. The van der Waals surface area contributed by atoms with E-state index in [1.165, 1.54) is 7.11 Å². The molecule has 0 N–H and O–H groups in total.